The topological polar surface area (TPSA) is 29.3 Å². The second-order valence-corrected chi connectivity index (χ2v) is 11.7. The molecule has 9 rings (SSSR count). The van der Waals surface area contributed by atoms with Crippen molar-refractivity contribution >= 4 is 33.2 Å². The molecule has 43 heavy (non-hydrogen) atoms. The van der Waals surface area contributed by atoms with Crippen molar-refractivity contribution < 1.29 is 0 Å². The Morgan fingerprint density at radius 3 is 2.09 bits per heavy atom. The summed E-state index contributed by atoms with van der Waals surface area (Å²) in [5, 5.41) is 6.28. The maximum absolute atomic E-state index is 5.43. The lowest BCUT2D eigenvalue weighted by molar-refractivity contribution is 0.623. The van der Waals surface area contributed by atoms with E-state index in [0.29, 0.717) is 0 Å². The second kappa shape index (κ2) is 9.04. The number of nitrogens with one attached hydrogen (secondary N) is 1. The Bertz CT molecular complexity index is 2230. The van der Waals surface area contributed by atoms with Crippen LogP contribution in [-0.4, -0.2) is 10.3 Å². The zero-order valence-electron chi connectivity index (χ0n) is 23.8. The van der Waals surface area contributed by atoms with Gasteiger partial charge in [0.05, 0.1) is 16.7 Å². The molecule has 1 aliphatic heterocycles. The molecule has 1 aliphatic carbocycles. The van der Waals surface area contributed by atoms with E-state index in [4.69, 9.17) is 4.99 Å². The van der Waals surface area contributed by atoms with E-state index in [1.807, 2.05) is 0 Å². The number of aromatic nitrogens is 1. The third-order valence-electron chi connectivity index (χ3n) is 9.50. The number of rotatable bonds is 3. The molecule has 2 heterocycles. The Kier molecular flexibility index (Phi) is 5.09. The molecule has 3 nitrogen and oxygen atoms in total. The zero-order valence-corrected chi connectivity index (χ0v) is 23.8. The van der Waals surface area contributed by atoms with E-state index in [-0.39, 0.29) is 11.7 Å². The summed E-state index contributed by atoms with van der Waals surface area (Å²) in [6.07, 6.45) is -0.308. The summed E-state index contributed by atoms with van der Waals surface area (Å²) < 4.78 is 2.40. The minimum atomic E-state index is -0.308. The van der Waals surface area contributed by atoms with Gasteiger partial charge in [0, 0.05) is 33.0 Å². The van der Waals surface area contributed by atoms with Crippen molar-refractivity contribution in [2.24, 2.45) is 4.99 Å². The number of hydrogen-bond donors (Lipinski definition) is 1. The van der Waals surface area contributed by atoms with Gasteiger partial charge in [0.2, 0.25) is 6.29 Å². The van der Waals surface area contributed by atoms with Crippen molar-refractivity contribution in [3.05, 3.63) is 173 Å². The lowest BCUT2D eigenvalue weighted by Gasteiger charge is -2.29. The molecule has 0 fully saturated rings. The van der Waals surface area contributed by atoms with Gasteiger partial charge in [-0.1, -0.05) is 121 Å². The largest absolute Gasteiger partial charge is 0.346 e. The van der Waals surface area contributed by atoms with E-state index in [2.05, 4.69) is 162 Å². The lowest BCUT2D eigenvalue weighted by atomic mass is 9.74. The van der Waals surface area contributed by atoms with E-state index in [1.54, 1.807) is 0 Å². The molecular formula is C40H29N3. The van der Waals surface area contributed by atoms with Gasteiger partial charge in [0.1, 0.15) is 0 Å². The molecule has 0 saturated carbocycles. The summed E-state index contributed by atoms with van der Waals surface area (Å²) in [7, 11) is 0. The van der Waals surface area contributed by atoms with Crippen LogP contribution >= 0.6 is 0 Å². The molecule has 0 amide bonds. The van der Waals surface area contributed by atoms with Crippen molar-refractivity contribution in [3.8, 4) is 11.1 Å². The van der Waals surface area contributed by atoms with Gasteiger partial charge in [-0.15, -0.1) is 0 Å². The quantitative estimate of drug-likeness (QED) is 0.233. The first-order valence-electron chi connectivity index (χ1n) is 14.9. The predicted octanol–water partition coefficient (Wildman–Crippen LogP) is 9.55. The molecule has 7 aromatic rings. The molecule has 1 N–H and O–H groups in total. The smallest absolute Gasteiger partial charge is 0.201 e. The van der Waals surface area contributed by atoms with E-state index >= 15 is 0 Å². The number of benzene rings is 6. The van der Waals surface area contributed by atoms with E-state index in [1.165, 1.54) is 49.6 Å². The molecule has 0 saturated heterocycles. The van der Waals surface area contributed by atoms with Crippen molar-refractivity contribution in [2.75, 3.05) is 5.32 Å². The van der Waals surface area contributed by atoms with Crippen LogP contribution in [0.2, 0.25) is 0 Å². The fourth-order valence-electron chi connectivity index (χ4n) is 7.45. The van der Waals surface area contributed by atoms with Crippen molar-refractivity contribution in [1.82, 2.24) is 4.57 Å². The number of fused-ring (bicyclic) bond motifs is 7. The van der Waals surface area contributed by atoms with Crippen LogP contribution in [-0.2, 0) is 5.41 Å². The molecule has 6 aromatic carbocycles. The first-order chi connectivity index (χ1) is 21.2. The van der Waals surface area contributed by atoms with E-state index in [9.17, 15) is 0 Å². The highest BCUT2D eigenvalue weighted by atomic mass is 15.3. The third kappa shape index (κ3) is 3.39. The summed E-state index contributed by atoms with van der Waals surface area (Å²) in [6.45, 7) is 2.38. The molecule has 1 aromatic heterocycles. The summed E-state index contributed by atoms with van der Waals surface area (Å²) in [5.74, 6) is 0. The van der Waals surface area contributed by atoms with Gasteiger partial charge in [0.25, 0.3) is 0 Å². The van der Waals surface area contributed by atoms with Crippen LogP contribution in [0.3, 0.4) is 0 Å². The Balaban J connectivity index is 1.34. The summed E-state index contributed by atoms with van der Waals surface area (Å²) in [5.41, 5.74) is 13.0. The van der Waals surface area contributed by atoms with Crippen LogP contribution in [0.15, 0.2) is 151 Å². The lowest BCUT2D eigenvalue weighted by Crippen LogP contribution is -2.25. The molecule has 204 valence electrons. The van der Waals surface area contributed by atoms with Gasteiger partial charge in [0.15, 0.2) is 0 Å². The number of aliphatic imine (C=N–C) groups is 1. The van der Waals surface area contributed by atoms with Gasteiger partial charge in [-0.3, -0.25) is 0 Å². The SMILES string of the molecule is CC1(c2ccccc2)c2ccccc2-c2cc3c4ccccc4n(C4N=C(c5ccccc5)c5ccccc5N4)c3cc21. The molecule has 0 spiro atoms. The van der Waals surface area contributed by atoms with Gasteiger partial charge in [-0.05, 0) is 59.0 Å². The van der Waals surface area contributed by atoms with Crippen LogP contribution in [0.1, 0.15) is 41.0 Å². The fraction of sp³-hybridized carbons (Fsp3) is 0.0750. The molecule has 3 heteroatoms. The molecular weight excluding hydrogens is 522 g/mol. The van der Waals surface area contributed by atoms with Crippen LogP contribution in [0, 0.1) is 0 Å². The summed E-state index contributed by atoms with van der Waals surface area (Å²) in [4.78, 5) is 5.43. The predicted molar refractivity (Wildman–Crippen MR) is 178 cm³/mol. The maximum Gasteiger partial charge on any atom is 0.201 e. The first-order valence-corrected chi connectivity index (χ1v) is 14.9. The standard InChI is InChI=1S/C40H29N3/c1-40(27-16-6-3-7-17-27)33-21-11-8-18-28(33)31-24-32-29-19-10-13-23-36(29)43(37(32)25-34(31)40)39-41-35-22-12-9-20-30(35)38(42-39)26-14-4-2-5-15-26/h2-25,39,41H,1H3. The maximum atomic E-state index is 5.43. The minimum absolute atomic E-state index is 0.270. The third-order valence-corrected chi connectivity index (χ3v) is 9.50. The molecule has 2 unspecified atom stereocenters. The summed E-state index contributed by atoms with van der Waals surface area (Å²) in [6, 6.07) is 52.5. The van der Waals surface area contributed by atoms with Crippen molar-refractivity contribution in [3.63, 3.8) is 0 Å². The number of nitrogens with zero attached hydrogens (tertiary/aromatic N) is 2. The second-order valence-electron chi connectivity index (χ2n) is 11.7. The molecule has 0 radical (unpaired) electrons. The van der Waals surface area contributed by atoms with E-state index < -0.39 is 0 Å². The monoisotopic (exact) mass is 551 g/mol. The van der Waals surface area contributed by atoms with Crippen LogP contribution in [0.4, 0.5) is 5.69 Å². The molecule has 2 aliphatic rings. The number of para-hydroxylation sites is 2. The van der Waals surface area contributed by atoms with E-state index in [0.717, 1.165) is 22.5 Å². The highest BCUT2D eigenvalue weighted by Crippen LogP contribution is 2.54. The zero-order chi connectivity index (χ0) is 28.5. The average molecular weight is 552 g/mol. The van der Waals surface area contributed by atoms with Crippen LogP contribution < -0.4 is 5.32 Å². The van der Waals surface area contributed by atoms with Crippen LogP contribution in [0.25, 0.3) is 32.9 Å². The Morgan fingerprint density at radius 2 is 1.26 bits per heavy atom. The average Bonchev–Trinajstić information content (AvgIpc) is 3.54. The Hall–Kier alpha value is -5.41. The van der Waals surface area contributed by atoms with Gasteiger partial charge < -0.3 is 9.88 Å². The molecule has 2 atom stereocenters. The van der Waals surface area contributed by atoms with Gasteiger partial charge in [-0.2, -0.15) is 0 Å². The normalized spacial score (nSPS) is 18.5. The summed E-state index contributed by atoms with van der Waals surface area (Å²) >= 11 is 0. The minimum Gasteiger partial charge on any atom is -0.346 e. The first kappa shape index (κ1) is 24.2. The van der Waals surface area contributed by atoms with Crippen LogP contribution in [0.5, 0.6) is 0 Å². The highest BCUT2D eigenvalue weighted by molar-refractivity contribution is 6.17. The molecule has 0 bridgehead atoms. The Morgan fingerprint density at radius 1 is 0.581 bits per heavy atom. The Labute approximate surface area is 250 Å². The van der Waals surface area contributed by atoms with Crippen molar-refractivity contribution in [1.29, 1.82) is 0 Å². The number of hydrogen-bond acceptors (Lipinski definition) is 2. The highest BCUT2D eigenvalue weighted by Gasteiger charge is 2.41. The fourth-order valence-corrected chi connectivity index (χ4v) is 7.45. The van der Waals surface area contributed by atoms with Gasteiger partial charge >= 0.3 is 0 Å². The van der Waals surface area contributed by atoms with Crippen molar-refractivity contribution in [2.45, 2.75) is 18.6 Å². The number of anilines is 1. The van der Waals surface area contributed by atoms with Gasteiger partial charge in [-0.25, -0.2) is 4.99 Å².